The summed E-state index contributed by atoms with van der Waals surface area (Å²) < 4.78 is 27.9. The van der Waals surface area contributed by atoms with E-state index in [1.807, 2.05) is 6.07 Å². The van der Waals surface area contributed by atoms with Crippen LogP contribution in [-0.2, 0) is 25.9 Å². The molecule has 0 aromatic heterocycles. The van der Waals surface area contributed by atoms with Crippen LogP contribution in [0.3, 0.4) is 0 Å². The fourth-order valence-electron chi connectivity index (χ4n) is 2.52. The Morgan fingerprint density at radius 2 is 1.89 bits per heavy atom. The zero-order valence-electron chi connectivity index (χ0n) is 16.4. The molecule has 0 spiro atoms. The lowest BCUT2D eigenvalue weighted by atomic mass is 10.1. The summed E-state index contributed by atoms with van der Waals surface area (Å²) in [5.74, 6) is 0.510. The van der Waals surface area contributed by atoms with Gasteiger partial charge in [0, 0.05) is 32.8 Å². The normalized spacial score (nSPS) is 11.5. The third-order valence-electron chi connectivity index (χ3n) is 3.90. The van der Waals surface area contributed by atoms with Gasteiger partial charge < -0.3 is 15.4 Å². The average molecular weight is 511 g/mol. The summed E-state index contributed by atoms with van der Waals surface area (Å²) in [6.45, 7) is 3.10. The summed E-state index contributed by atoms with van der Waals surface area (Å²) in [7, 11) is -0.101. The van der Waals surface area contributed by atoms with Gasteiger partial charge in [0.2, 0.25) is 0 Å². The quantitative estimate of drug-likeness (QED) is 0.174. The molecule has 1 aromatic rings. The van der Waals surface area contributed by atoms with Crippen LogP contribution in [-0.4, -0.2) is 47.3 Å². The maximum absolute atomic E-state index is 11.7. The highest BCUT2D eigenvalue weighted by atomic mass is 127. The maximum atomic E-state index is 11.7. The number of carbonyl (C=O) groups excluding carboxylic acids is 1. The summed E-state index contributed by atoms with van der Waals surface area (Å²) in [6.07, 6.45) is 4.34. The number of aryl methyl sites for hydroxylation is 1. The van der Waals surface area contributed by atoms with Gasteiger partial charge in [0.15, 0.2) is 15.8 Å². The van der Waals surface area contributed by atoms with Crippen LogP contribution in [0.25, 0.3) is 0 Å². The minimum Gasteiger partial charge on any atom is -0.469 e. The van der Waals surface area contributed by atoms with Gasteiger partial charge in [-0.05, 0) is 37.0 Å². The molecule has 154 valence electrons. The van der Waals surface area contributed by atoms with Crippen LogP contribution >= 0.6 is 24.0 Å². The molecule has 0 amide bonds. The van der Waals surface area contributed by atoms with Crippen LogP contribution in [0.4, 0.5) is 0 Å². The molecule has 9 heteroatoms. The maximum Gasteiger partial charge on any atom is 0.305 e. The molecule has 0 saturated carbocycles. The van der Waals surface area contributed by atoms with Gasteiger partial charge in [-0.15, -0.1) is 24.0 Å². The summed E-state index contributed by atoms with van der Waals surface area (Å²) >= 11 is 0. The number of benzene rings is 1. The van der Waals surface area contributed by atoms with Crippen molar-refractivity contribution in [2.24, 2.45) is 4.99 Å². The van der Waals surface area contributed by atoms with E-state index in [2.05, 4.69) is 20.4 Å². The minimum atomic E-state index is -3.20. The predicted molar refractivity (Wildman–Crippen MR) is 118 cm³/mol. The van der Waals surface area contributed by atoms with Crippen LogP contribution in [0.5, 0.6) is 0 Å². The highest BCUT2D eigenvalue weighted by Gasteiger charge is 2.10. The van der Waals surface area contributed by atoms with Crippen molar-refractivity contribution in [3.63, 3.8) is 0 Å². The molecule has 27 heavy (non-hydrogen) atoms. The molecule has 1 rings (SSSR count). The third kappa shape index (κ3) is 9.94. The number of rotatable bonds is 9. The second kappa shape index (κ2) is 12.9. The highest BCUT2D eigenvalue weighted by Crippen LogP contribution is 2.16. The zero-order chi connectivity index (χ0) is 19.6. The fourth-order valence-corrected chi connectivity index (χ4v) is 3.48. The number of nitrogens with one attached hydrogen (secondary N) is 2. The Labute approximate surface area is 179 Å². The SMILES string of the molecule is CN=C(NCCCCCC(=O)OC)NCc1ccc(S(C)(=O)=O)c(C)c1.I. The number of ether oxygens (including phenoxy) is 1. The number of aliphatic imine (C=N–C) groups is 1. The van der Waals surface area contributed by atoms with E-state index in [1.54, 1.807) is 26.1 Å². The monoisotopic (exact) mass is 511 g/mol. The Morgan fingerprint density at radius 3 is 2.44 bits per heavy atom. The van der Waals surface area contributed by atoms with Crippen LogP contribution in [0.15, 0.2) is 28.1 Å². The Balaban J connectivity index is 0.00000676. The summed E-state index contributed by atoms with van der Waals surface area (Å²) in [4.78, 5) is 15.5. The molecule has 0 atom stereocenters. The first kappa shape index (κ1) is 25.6. The smallest absolute Gasteiger partial charge is 0.305 e. The molecule has 0 unspecified atom stereocenters. The van der Waals surface area contributed by atoms with Crippen molar-refractivity contribution in [2.75, 3.05) is 27.0 Å². The number of carbonyl (C=O) groups is 1. The first-order chi connectivity index (χ1) is 12.3. The number of esters is 1. The fraction of sp³-hybridized carbons (Fsp3) is 0.556. The van der Waals surface area contributed by atoms with Crippen LogP contribution in [0.1, 0.15) is 36.8 Å². The second-order valence-corrected chi connectivity index (χ2v) is 8.10. The van der Waals surface area contributed by atoms with E-state index < -0.39 is 9.84 Å². The second-order valence-electron chi connectivity index (χ2n) is 6.11. The van der Waals surface area contributed by atoms with Gasteiger partial charge >= 0.3 is 5.97 Å². The number of sulfone groups is 1. The standard InChI is InChI=1S/C18H29N3O4S.HI/c1-14-12-15(9-10-16(14)26(4,23)24)13-21-18(19-2)20-11-7-5-6-8-17(22)25-3;/h9-10,12H,5-8,11,13H2,1-4H3,(H2,19,20,21);1H. The Kier molecular flexibility index (Phi) is 12.3. The van der Waals surface area contributed by atoms with Crippen molar-refractivity contribution >= 4 is 45.7 Å². The number of nitrogens with zero attached hydrogens (tertiary/aromatic N) is 1. The van der Waals surface area contributed by atoms with Crippen molar-refractivity contribution in [3.8, 4) is 0 Å². The van der Waals surface area contributed by atoms with Crippen LogP contribution in [0.2, 0.25) is 0 Å². The molecule has 7 nitrogen and oxygen atoms in total. The molecule has 0 aliphatic carbocycles. The number of methoxy groups -OCH3 is 1. The third-order valence-corrected chi connectivity index (χ3v) is 5.16. The largest absolute Gasteiger partial charge is 0.469 e. The van der Waals surface area contributed by atoms with Gasteiger partial charge in [0.05, 0.1) is 12.0 Å². The lowest BCUT2D eigenvalue weighted by Crippen LogP contribution is -2.37. The Bertz CT molecular complexity index is 736. The van der Waals surface area contributed by atoms with E-state index in [0.29, 0.717) is 23.8 Å². The van der Waals surface area contributed by atoms with E-state index in [0.717, 1.165) is 36.9 Å². The molecule has 0 bridgehead atoms. The highest BCUT2D eigenvalue weighted by molar-refractivity contribution is 14.0. The molecule has 0 aliphatic heterocycles. The lowest BCUT2D eigenvalue weighted by Gasteiger charge is -2.13. The van der Waals surface area contributed by atoms with Crippen molar-refractivity contribution in [3.05, 3.63) is 29.3 Å². The van der Waals surface area contributed by atoms with Crippen molar-refractivity contribution in [1.82, 2.24) is 10.6 Å². The Morgan fingerprint density at radius 1 is 1.19 bits per heavy atom. The number of guanidine groups is 1. The van der Waals surface area contributed by atoms with Crippen LogP contribution < -0.4 is 10.6 Å². The first-order valence-corrected chi connectivity index (χ1v) is 10.5. The number of unbranched alkanes of at least 4 members (excludes halogenated alkanes) is 2. The van der Waals surface area contributed by atoms with Gasteiger partial charge in [-0.1, -0.05) is 18.6 Å². The van der Waals surface area contributed by atoms with E-state index >= 15 is 0 Å². The van der Waals surface area contributed by atoms with Gasteiger partial charge in [-0.2, -0.15) is 0 Å². The minimum absolute atomic E-state index is 0. The summed E-state index contributed by atoms with van der Waals surface area (Å²) in [6, 6.07) is 5.30. The molecule has 0 fully saturated rings. The number of halogens is 1. The molecule has 0 heterocycles. The Hall–Kier alpha value is -1.36. The van der Waals surface area contributed by atoms with Crippen molar-refractivity contribution in [1.29, 1.82) is 0 Å². The summed E-state index contributed by atoms with van der Waals surface area (Å²) in [5, 5.41) is 6.42. The van der Waals surface area contributed by atoms with E-state index in [9.17, 15) is 13.2 Å². The molecule has 0 radical (unpaired) electrons. The lowest BCUT2D eigenvalue weighted by molar-refractivity contribution is -0.140. The van der Waals surface area contributed by atoms with Crippen LogP contribution in [0, 0.1) is 6.92 Å². The average Bonchev–Trinajstić information content (AvgIpc) is 2.59. The zero-order valence-corrected chi connectivity index (χ0v) is 19.5. The van der Waals surface area contributed by atoms with E-state index in [-0.39, 0.29) is 29.9 Å². The van der Waals surface area contributed by atoms with E-state index in [1.165, 1.54) is 13.4 Å². The van der Waals surface area contributed by atoms with Gasteiger partial charge in [0.25, 0.3) is 0 Å². The topological polar surface area (TPSA) is 96.9 Å². The van der Waals surface area contributed by atoms with E-state index in [4.69, 9.17) is 0 Å². The molecule has 2 N–H and O–H groups in total. The molecular weight excluding hydrogens is 481 g/mol. The van der Waals surface area contributed by atoms with Gasteiger partial charge in [-0.25, -0.2) is 8.42 Å². The van der Waals surface area contributed by atoms with Crippen molar-refractivity contribution < 1.29 is 17.9 Å². The predicted octanol–water partition coefficient (Wildman–Crippen LogP) is 2.41. The molecule has 0 aliphatic rings. The van der Waals surface area contributed by atoms with Gasteiger partial charge in [-0.3, -0.25) is 9.79 Å². The molecular formula is C18H30IN3O4S. The number of hydrogen-bond acceptors (Lipinski definition) is 5. The first-order valence-electron chi connectivity index (χ1n) is 8.59. The molecule has 1 aromatic carbocycles. The summed E-state index contributed by atoms with van der Waals surface area (Å²) in [5.41, 5.74) is 1.72. The van der Waals surface area contributed by atoms with Gasteiger partial charge in [0.1, 0.15) is 0 Å². The molecule has 0 saturated heterocycles. The van der Waals surface area contributed by atoms with Crippen molar-refractivity contribution in [2.45, 2.75) is 44.0 Å². The number of hydrogen-bond donors (Lipinski definition) is 2.